The Morgan fingerprint density at radius 1 is 1.62 bits per heavy atom. The molecule has 3 nitrogen and oxygen atoms in total. The molecule has 0 aromatic carbocycles. The van der Waals surface area contributed by atoms with Crippen LogP contribution >= 0.6 is 0 Å². The summed E-state index contributed by atoms with van der Waals surface area (Å²) in [4.78, 5) is 0. The van der Waals surface area contributed by atoms with Crippen molar-refractivity contribution in [2.75, 3.05) is 27.2 Å². The zero-order valence-corrected chi connectivity index (χ0v) is 5.26. The molecule has 3 heteroatoms. The fourth-order valence-electron chi connectivity index (χ4n) is 0.957. The van der Waals surface area contributed by atoms with Crippen LogP contribution in [0.3, 0.4) is 0 Å². The molecule has 0 bridgehead atoms. The van der Waals surface area contributed by atoms with Crippen LogP contribution in [0, 0.1) is 5.21 Å². The highest BCUT2D eigenvalue weighted by atomic mass is 16.6. The van der Waals surface area contributed by atoms with Crippen molar-refractivity contribution in [3.05, 3.63) is 5.21 Å². The van der Waals surface area contributed by atoms with Crippen molar-refractivity contribution in [3.8, 4) is 0 Å². The van der Waals surface area contributed by atoms with E-state index in [4.69, 9.17) is 4.74 Å². The molecule has 0 radical (unpaired) electrons. The van der Waals surface area contributed by atoms with Crippen LogP contribution in [0.15, 0.2) is 0 Å². The van der Waals surface area contributed by atoms with Crippen molar-refractivity contribution in [3.63, 3.8) is 0 Å². The Bertz CT molecular complexity index is 84.4. The van der Waals surface area contributed by atoms with Gasteiger partial charge < -0.3 is 14.6 Å². The second-order valence-corrected chi connectivity index (χ2v) is 2.52. The molecule has 48 valence electrons. The number of methoxy groups -OCH3 is 1. The molecule has 0 unspecified atom stereocenters. The minimum Gasteiger partial charge on any atom is -0.633 e. The van der Waals surface area contributed by atoms with Gasteiger partial charge in [-0.05, 0) is 0 Å². The molecular formula is C5H11NO2. The Hall–Kier alpha value is -0.120. The molecule has 8 heavy (non-hydrogen) atoms. The minimum absolute atomic E-state index is 0.126. The number of quaternary nitrogens is 1. The second kappa shape index (κ2) is 1.69. The van der Waals surface area contributed by atoms with E-state index in [-0.39, 0.29) is 10.8 Å². The van der Waals surface area contributed by atoms with E-state index in [9.17, 15) is 5.21 Å². The Kier molecular flexibility index (Phi) is 1.27. The number of nitrogens with zero attached hydrogens (tertiary/aromatic N) is 1. The van der Waals surface area contributed by atoms with E-state index in [1.807, 2.05) is 0 Å². The summed E-state index contributed by atoms with van der Waals surface area (Å²) < 4.78 is 4.78. The maximum Gasteiger partial charge on any atom is 0.155 e. The molecule has 0 amide bonds. The first kappa shape index (κ1) is 6.01. The SMILES string of the molecule is COC1C[N+](C)([O-])C1. The van der Waals surface area contributed by atoms with Gasteiger partial charge >= 0.3 is 0 Å². The first-order valence-corrected chi connectivity index (χ1v) is 2.72. The lowest BCUT2D eigenvalue weighted by molar-refractivity contribution is -0.910. The Balaban J connectivity index is 2.21. The van der Waals surface area contributed by atoms with E-state index in [0.717, 1.165) is 0 Å². The van der Waals surface area contributed by atoms with Crippen molar-refractivity contribution in [1.29, 1.82) is 0 Å². The Labute approximate surface area is 49.0 Å². The van der Waals surface area contributed by atoms with Crippen LogP contribution < -0.4 is 0 Å². The van der Waals surface area contributed by atoms with E-state index >= 15 is 0 Å². The fraction of sp³-hybridized carbons (Fsp3) is 1.00. The second-order valence-electron chi connectivity index (χ2n) is 2.52. The van der Waals surface area contributed by atoms with Gasteiger partial charge in [0, 0.05) is 7.11 Å². The quantitative estimate of drug-likeness (QED) is 0.356. The van der Waals surface area contributed by atoms with Crippen LogP contribution in [0.5, 0.6) is 0 Å². The molecule has 1 heterocycles. The maximum absolute atomic E-state index is 10.8. The van der Waals surface area contributed by atoms with Crippen LogP contribution in [0.4, 0.5) is 0 Å². The molecule has 0 spiro atoms. The van der Waals surface area contributed by atoms with Crippen LogP contribution in [-0.2, 0) is 4.74 Å². The van der Waals surface area contributed by atoms with Crippen molar-refractivity contribution >= 4 is 0 Å². The highest BCUT2D eigenvalue weighted by Gasteiger charge is 2.33. The molecule has 0 aromatic rings. The third-order valence-electron chi connectivity index (χ3n) is 1.51. The van der Waals surface area contributed by atoms with E-state index in [1.165, 1.54) is 0 Å². The highest BCUT2D eigenvalue weighted by Crippen LogP contribution is 2.16. The van der Waals surface area contributed by atoms with E-state index in [1.54, 1.807) is 14.2 Å². The smallest absolute Gasteiger partial charge is 0.155 e. The zero-order valence-electron chi connectivity index (χ0n) is 5.26. The molecule has 1 saturated heterocycles. The summed E-state index contributed by atoms with van der Waals surface area (Å²) in [6.45, 7) is 1.24. The third-order valence-corrected chi connectivity index (χ3v) is 1.51. The van der Waals surface area contributed by atoms with Crippen molar-refractivity contribution in [1.82, 2.24) is 0 Å². The number of ether oxygens (including phenoxy) is 1. The molecule has 0 aromatic heterocycles. The molecule has 1 aliphatic heterocycles. The topological polar surface area (TPSA) is 32.3 Å². The molecule has 0 aliphatic carbocycles. The monoisotopic (exact) mass is 117 g/mol. The number of hydrogen-bond acceptors (Lipinski definition) is 2. The predicted octanol–water partition coefficient (Wildman–Crippen LogP) is -0.0406. The molecule has 1 aliphatic rings. The lowest BCUT2D eigenvalue weighted by atomic mass is 10.2. The maximum atomic E-state index is 10.8. The number of rotatable bonds is 1. The summed E-state index contributed by atoms with van der Waals surface area (Å²) in [6.07, 6.45) is 0.220. The Morgan fingerprint density at radius 2 is 2.12 bits per heavy atom. The van der Waals surface area contributed by atoms with E-state index in [2.05, 4.69) is 0 Å². The predicted molar refractivity (Wildman–Crippen MR) is 30.1 cm³/mol. The molecule has 0 saturated carbocycles. The summed E-state index contributed by atoms with van der Waals surface area (Å²) in [5.74, 6) is 0. The number of hydroxylamine groups is 3. The van der Waals surface area contributed by atoms with Gasteiger partial charge in [0.2, 0.25) is 0 Å². The highest BCUT2D eigenvalue weighted by molar-refractivity contribution is 4.66. The van der Waals surface area contributed by atoms with Gasteiger partial charge in [-0.2, -0.15) is 0 Å². The van der Waals surface area contributed by atoms with Gasteiger partial charge in [0.25, 0.3) is 0 Å². The molecular weight excluding hydrogens is 106 g/mol. The fourth-order valence-corrected chi connectivity index (χ4v) is 0.957. The summed E-state index contributed by atoms with van der Waals surface area (Å²) in [7, 11) is 3.30. The van der Waals surface area contributed by atoms with Gasteiger partial charge in [0.1, 0.15) is 13.1 Å². The standard InChI is InChI=1S/C5H11NO2/c1-6(7)3-5(4-6)8-2/h5H,3-4H2,1-2H3. The van der Waals surface area contributed by atoms with Gasteiger partial charge in [-0.15, -0.1) is 0 Å². The van der Waals surface area contributed by atoms with Gasteiger partial charge in [-0.25, -0.2) is 0 Å². The van der Waals surface area contributed by atoms with Crippen LogP contribution in [-0.4, -0.2) is 38.0 Å². The normalized spacial score (nSPS) is 46.1. The van der Waals surface area contributed by atoms with Crippen molar-refractivity contribution in [2.45, 2.75) is 6.10 Å². The van der Waals surface area contributed by atoms with E-state index in [0.29, 0.717) is 13.1 Å². The average Bonchev–Trinajstić information content (AvgIpc) is 1.60. The molecule has 0 N–H and O–H groups in total. The van der Waals surface area contributed by atoms with Crippen LogP contribution in [0.2, 0.25) is 0 Å². The van der Waals surface area contributed by atoms with Crippen LogP contribution in [0.1, 0.15) is 0 Å². The van der Waals surface area contributed by atoms with Gasteiger partial charge in [0.15, 0.2) is 6.10 Å². The van der Waals surface area contributed by atoms with Gasteiger partial charge in [-0.3, -0.25) is 0 Å². The van der Waals surface area contributed by atoms with Crippen LogP contribution in [0.25, 0.3) is 0 Å². The lowest BCUT2D eigenvalue weighted by Gasteiger charge is -2.50. The Morgan fingerprint density at radius 3 is 2.25 bits per heavy atom. The molecule has 0 atom stereocenters. The first-order chi connectivity index (χ1) is 3.64. The first-order valence-electron chi connectivity index (χ1n) is 2.72. The summed E-state index contributed by atoms with van der Waals surface area (Å²) in [6, 6.07) is 0. The van der Waals surface area contributed by atoms with Gasteiger partial charge in [0.05, 0.1) is 7.05 Å². The largest absolute Gasteiger partial charge is 0.633 e. The average molecular weight is 117 g/mol. The lowest BCUT2D eigenvalue weighted by Crippen LogP contribution is -2.60. The number of hydrogen-bond donors (Lipinski definition) is 0. The molecule has 1 rings (SSSR count). The number of likely N-dealkylation sites (N-methyl/N-ethyl adjacent to an activating group) is 1. The zero-order chi connectivity index (χ0) is 6.20. The van der Waals surface area contributed by atoms with E-state index < -0.39 is 0 Å². The van der Waals surface area contributed by atoms with Gasteiger partial charge in [-0.1, -0.05) is 0 Å². The van der Waals surface area contributed by atoms with Crippen molar-refractivity contribution < 1.29 is 9.38 Å². The van der Waals surface area contributed by atoms with Crippen molar-refractivity contribution in [2.24, 2.45) is 0 Å². The number of likely N-dealkylation sites (tertiary alicyclic amines) is 1. The minimum atomic E-state index is -0.126. The summed E-state index contributed by atoms with van der Waals surface area (Å²) in [5.41, 5.74) is 0. The molecule has 1 fully saturated rings. The third kappa shape index (κ3) is 0.992. The summed E-state index contributed by atoms with van der Waals surface area (Å²) in [5, 5.41) is 10.8. The summed E-state index contributed by atoms with van der Waals surface area (Å²) >= 11 is 0.